The number of aryl methyl sites for hydroxylation is 1. The minimum atomic E-state index is -3.46. The molecule has 1 saturated heterocycles. The number of hydrogen-bond donors (Lipinski definition) is 1. The van der Waals surface area contributed by atoms with Crippen molar-refractivity contribution in [1.82, 2.24) is 0 Å². The van der Waals surface area contributed by atoms with Crippen molar-refractivity contribution >= 4 is 21.4 Å². The minimum Gasteiger partial charge on any atom is -0.381 e. The molecule has 0 aromatic heterocycles. The first-order valence-corrected chi connectivity index (χ1v) is 9.83. The van der Waals surface area contributed by atoms with Crippen LogP contribution in [0.5, 0.6) is 0 Å². The van der Waals surface area contributed by atoms with Gasteiger partial charge in [-0.2, -0.15) is 0 Å². The maximum atomic E-state index is 12.4. The normalized spacial score (nSPS) is 17.7. The Kier molecular flexibility index (Phi) is 6.18. The second-order valence-corrected chi connectivity index (χ2v) is 8.43. The summed E-state index contributed by atoms with van der Waals surface area (Å²) in [5.41, 5.74) is 1.79. The van der Waals surface area contributed by atoms with Crippen LogP contribution in [-0.2, 0) is 25.8 Å². The summed E-state index contributed by atoms with van der Waals surface area (Å²) >= 11 is 0. The summed E-state index contributed by atoms with van der Waals surface area (Å²) in [7, 11) is -3.46. The van der Waals surface area contributed by atoms with E-state index >= 15 is 0 Å². The third-order valence-corrected chi connectivity index (χ3v) is 6.57. The molecule has 1 aliphatic heterocycles. The fraction of sp³-hybridized carbons (Fsp3) is 0.588. The van der Waals surface area contributed by atoms with Gasteiger partial charge in [-0.25, -0.2) is 8.42 Å². The van der Waals surface area contributed by atoms with E-state index in [9.17, 15) is 13.2 Å². The van der Waals surface area contributed by atoms with Crippen LogP contribution in [0, 0.1) is 5.92 Å². The number of carbonyl (C=O) groups excluding carboxylic acids is 1. The van der Waals surface area contributed by atoms with Crippen molar-refractivity contribution < 1.29 is 17.9 Å². The molecule has 0 spiro atoms. The summed E-state index contributed by atoms with van der Waals surface area (Å²) in [6.45, 7) is 4.72. The molecule has 6 heteroatoms. The maximum Gasteiger partial charge on any atom is 0.242 e. The molecule has 1 aromatic carbocycles. The highest BCUT2D eigenvalue weighted by Crippen LogP contribution is 2.20. The molecule has 0 radical (unpaired) electrons. The topological polar surface area (TPSA) is 72.5 Å². The molecule has 0 bridgehead atoms. The quantitative estimate of drug-likeness (QED) is 0.864. The Morgan fingerprint density at radius 2 is 1.87 bits per heavy atom. The van der Waals surface area contributed by atoms with Gasteiger partial charge in [0.05, 0.1) is 5.75 Å². The molecule has 2 rings (SSSR count). The molecule has 1 aliphatic rings. The number of amides is 1. The van der Waals surface area contributed by atoms with E-state index in [-0.39, 0.29) is 11.7 Å². The number of carbonyl (C=O) groups is 1. The second kappa shape index (κ2) is 7.93. The van der Waals surface area contributed by atoms with E-state index in [4.69, 9.17) is 4.74 Å². The Bertz CT molecular complexity index is 618. The van der Waals surface area contributed by atoms with Crippen LogP contribution in [0.4, 0.5) is 5.69 Å². The van der Waals surface area contributed by atoms with E-state index in [2.05, 4.69) is 12.2 Å². The standard InChI is InChI=1S/C17H25NO4S/c1-3-14-4-6-16(7-5-14)18-17(19)13(2)23(20,21)12-15-8-10-22-11-9-15/h4-7,13,15H,3,8-12H2,1-2H3,(H,18,19). The van der Waals surface area contributed by atoms with Crippen molar-refractivity contribution in [3.05, 3.63) is 29.8 Å². The number of sulfone groups is 1. The zero-order valence-corrected chi connectivity index (χ0v) is 14.6. The molecule has 128 valence electrons. The van der Waals surface area contributed by atoms with E-state index in [0.717, 1.165) is 19.3 Å². The van der Waals surface area contributed by atoms with E-state index in [1.807, 2.05) is 12.1 Å². The van der Waals surface area contributed by atoms with E-state index in [0.29, 0.717) is 18.9 Å². The largest absolute Gasteiger partial charge is 0.381 e. The SMILES string of the molecule is CCc1ccc(NC(=O)C(C)S(=O)(=O)CC2CCOCC2)cc1. The van der Waals surface area contributed by atoms with Gasteiger partial charge in [-0.15, -0.1) is 0 Å². The van der Waals surface area contributed by atoms with E-state index in [1.54, 1.807) is 12.1 Å². The molecule has 0 saturated carbocycles. The third-order valence-electron chi connectivity index (χ3n) is 4.35. The van der Waals surface area contributed by atoms with Gasteiger partial charge < -0.3 is 10.1 Å². The average Bonchev–Trinajstić information content (AvgIpc) is 2.55. The zero-order chi connectivity index (χ0) is 16.9. The lowest BCUT2D eigenvalue weighted by Gasteiger charge is -2.23. The lowest BCUT2D eigenvalue weighted by molar-refractivity contribution is -0.115. The Morgan fingerprint density at radius 1 is 1.26 bits per heavy atom. The third kappa shape index (κ3) is 5.04. The van der Waals surface area contributed by atoms with Gasteiger partial charge in [-0.3, -0.25) is 4.79 Å². The molecular formula is C17H25NO4S. The fourth-order valence-electron chi connectivity index (χ4n) is 2.62. The number of benzene rings is 1. The first kappa shape index (κ1) is 17.9. The van der Waals surface area contributed by atoms with Crippen LogP contribution in [0.3, 0.4) is 0 Å². The zero-order valence-electron chi connectivity index (χ0n) is 13.7. The Hall–Kier alpha value is -1.40. The average molecular weight is 339 g/mol. The number of anilines is 1. The Morgan fingerprint density at radius 3 is 2.43 bits per heavy atom. The summed E-state index contributed by atoms with van der Waals surface area (Å²) < 4.78 is 30.1. The van der Waals surface area contributed by atoms with Crippen molar-refractivity contribution in [2.24, 2.45) is 5.92 Å². The van der Waals surface area contributed by atoms with Gasteiger partial charge in [0.15, 0.2) is 9.84 Å². The van der Waals surface area contributed by atoms with Crippen molar-refractivity contribution in [2.45, 2.75) is 38.4 Å². The summed E-state index contributed by atoms with van der Waals surface area (Å²) in [5.74, 6) is -0.325. The van der Waals surface area contributed by atoms with E-state index < -0.39 is 21.0 Å². The molecule has 1 aromatic rings. The number of hydrogen-bond acceptors (Lipinski definition) is 4. The molecule has 1 heterocycles. The van der Waals surface area contributed by atoms with Gasteiger partial charge in [0, 0.05) is 18.9 Å². The number of ether oxygens (including phenoxy) is 1. The monoisotopic (exact) mass is 339 g/mol. The molecule has 0 aliphatic carbocycles. The molecule has 1 unspecified atom stereocenters. The first-order chi connectivity index (χ1) is 10.9. The predicted molar refractivity (Wildman–Crippen MR) is 91.2 cm³/mol. The maximum absolute atomic E-state index is 12.4. The van der Waals surface area contributed by atoms with Crippen LogP contribution in [0.2, 0.25) is 0 Å². The highest BCUT2D eigenvalue weighted by Gasteiger charge is 2.31. The summed E-state index contributed by atoms with van der Waals surface area (Å²) in [6.07, 6.45) is 2.40. The van der Waals surface area contributed by atoms with Gasteiger partial charge in [0.25, 0.3) is 0 Å². The van der Waals surface area contributed by atoms with Crippen LogP contribution in [0.25, 0.3) is 0 Å². The highest BCUT2D eigenvalue weighted by molar-refractivity contribution is 7.92. The summed E-state index contributed by atoms with van der Waals surface area (Å²) in [6, 6.07) is 7.46. The molecular weight excluding hydrogens is 314 g/mol. The minimum absolute atomic E-state index is 0.0553. The molecule has 1 amide bonds. The molecule has 1 N–H and O–H groups in total. The summed E-state index contributed by atoms with van der Waals surface area (Å²) in [5, 5.41) is 1.65. The van der Waals surface area contributed by atoms with Gasteiger partial charge >= 0.3 is 0 Å². The highest BCUT2D eigenvalue weighted by atomic mass is 32.2. The van der Waals surface area contributed by atoms with Crippen LogP contribution < -0.4 is 5.32 Å². The van der Waals surface area contributed by atoms with Gasteiger partial charge in [0.1, 0.15) is 5.25 Å². The van der Waals surface area contributed by atoms with Crippen LogP contribution in [-0.4, -0.2) is 38.5 Å². The lowest BCUT2D eigenvalue weighted by atomic mass is 10.0. The van der Waals surface area contributed by atoms with Crippen LogP contribution in [0.15, 0.2) is 24.3 Å². The Balaban J connectivity index is 1.96. The van der Waals surface area contributed by atoms with Crippen molar-refractivity contribution in [2.75, 3.05) is 24.3 Å². The van der Waals surface area contributed by atoms with Crippen molar-refractivity contribution in [3.63, 3.8) is 0 Å². The summed E-state index contributed by atoms with van der Waals surface area (Å²) in [4.78, 5) is 12.2. The fourth-order valence-corrected chi connectivity index (χ4v) is 4.28. The van der Waals surface area contributed by atoms with Gasteiger partial charge in [0.2, 0.25) is 5.91 Å². The van der Waals surface area contributed by atoms with Crippen molar-refractivity contribution in [3.8, 4) is 0 Å². The molecule has 1 fully saturated rings. The van der Waals surface area contributed by atoms with Gasteiger partial charge in [-0.05, 0) is 49.8 Å². The molecule has 1 atom stereocenters. The van der Waals surface area contributed by atoms with Gasteiger partial charge in [-0.1, -0.05) is 19.1 Å². The Labute approximate surface area is 138 Å². The number of nitrogens with one attached hydrogen (secondary N) is 1. The predicted octanol–water partition coefficient (Wildman–Crippen LogP) is 2.42. The first-order valence-electron chi connectivity index (χ1n) is 8.11. The molecule has 23 heavy (non-hydrogen) atoms. The lowest BCUT2D eigenvalue weighted by Crippen LogP contribution is -2.36. The van der Waals surface area contributed by atoms with Crippen LogP contribution >= 0.6 is 0 Å². The second-order valence-electron chi connectivity index (χ2n) is 6.07. The van der Waals surface area contributed by atoms with Crippen molar-refractivity contribution in [1.29, 1.82) is 0 Å². The smallest absolute Gasteiger partial charge is 0.242 e. The number of rotatable bonds is 6. The van der Waals surface area contributed by atoms with Crippen LogP contribution in [0.1, 0.15) is 32.3 Å². The van der Waals surface area contributed by atoms with E-state index in [1.165, 1.54) is 12.5 Å². The molecule has 5 nitrogen and oxygen atoms in total.